The van der Waals surface area contributed by atoms with Crippen LogP contribution < -0.4 is 0 Å². The van der Waals surface area contributed by atoms with E-state index in [2.05, 4.69) is 10.00 Å². The summed E-state index contributed by atoms with van der Waals surface area (Å²) in [6.45, 7) is 9.89. The molecule has 1 aliphatic heterocycles. The van der Waals surface area contributed by atoms with E-state index in [-0.39, 0.29) is 12.0 Å². The Morgan fingerprint density at radius 3 is 2.43 bits per heavy atom. The van der Waals surface area contributed by atoms with Crippen LogP contribution in [-0.2, 0) is 6.54 Å². The van der Waals surface area contributed by atoms with Gasteiger partial charge in [0, 0.05) is 44.5 Å². The molecular formula is C17H28N4O2. The maximum atomic E-state index is 12.9. The van der Waals surface area contributed by atoms with Crippen molar-refractivity contribution in [3.05, 3.63) is 17.0 Å². The van der Waals surface area contributed by atoms with Crippen molar-refractivity contribution in [3.63, 3.8) is 0 Å². The average Bonchev–Trinajstić information content (AvgIpc) is 3.10. The predicted octanol–water partition coefficient (Wildman–Crippen LogP) is 1.19. The van der Waals surface area contributed by atoms with E-state index in [0.29, 0.717) is 6.04 Å². The minimum atomic E-state index is -0.190. The molecule has 0 spiro atoms. The molecule has 6 nitrogen and oxygen atoms in total. The summed E-state index contributed by atoms with van der Waals surface area (Å²) in [7, 11) is 0. The van der Waals surface area contributed by atoms with E-state index in [0.717, 1.165) is 68.9 Å². The van der Waals surface area contributed by atoms with Gasteiger partial charge in [-0.1, -0.05) is 0 Å². The predicted molar refractivity (Wildman–Crippen MR) is 88.5 cm³/mol. The molecule has 0 radical (unpaired) electrons. The molecule has 0 aromatic carbocycles. The van der Waals surface area contributed by atoms with E-state index < -0.39 is 0 Å². The minimum Gasteiger partial charge on any atom is -0.391 e. The number of hydrogen-bond donors (Lipinski definition) is 1. The molecule has 2 aliphatic rings. The molecule has 1 aliphatic carbocycles. The van der Waals surface area contributed by atoms with Crippen molar-refractivity contribution in [2.45, 2.75) is 58.7 Å². The van der Waals surface area contributed by atoms with Gasteiger partial charge in [0.1, 0.15) is 0 Å². The zero-order chi connectivity index (χ0) is 16.6. The molecule has 2 fully saturated rings. The molecular weight excluding hydrogens is 292 g/mol. The number of amides is 1. The number of aryl methyl sites for hydroxylation is 2. The van der Waals surface area contributed by atoms with Crippen LogP contribution in [0.5, 0.6) is 0 Å². The highest BCUT2D eigenvalue weighted by molar-refractivity contribution is 5.96. The molecule has 0 bridgehead atoms. The summed E-state index contributed by atoms with van der Waals surface area (Å²) in [5.74, 6) is 0.103. The molecule has 2 heterocycles. The molecule has 2 atom stereocenters. The molecule has 128 valence electrons. The number of aliphatic hydroxyl groups is 1. The molecule has 23 heavy (non-hydrogen) atoms. The summed E-state index contributed by atoms with van der Waals surface area (Å²) in [6.07, 6.45) is 2.92. The number of aliphatic hydroxyl groups excluding tert-OH is 1. The smallest absolute Gasteiger partial charge is 0.257 e. The molecule has 1 aromatic rings. The third-order valence-corrected chi connectivity index (χ3v) is 5.41. The largest absolute Gasteiger partial charge is 0.391 e. The summed E-state index contributed by atoms with van der Waals surface area (Å²) < 4.78 is 1.90. The standard InChI is InChI=1S/C17H28N4O2/c1-4-21-13(3)16(12(2)18-21)17(23)20-10-8-19(9-11-20)14-6-5-7-15(14)22/h14-15,22H,4-11H2,1-3H3/t14-,15-/m1/s1. The Kier molecular flexibility index (Phi) is 4.73. The lowest BCUT2D eigenvalue weighted by molar-refractivity contribution is 0.0315. The van der Waals surface area contributed by atoms with E-state index in [4.69, 9.17) is 0 Å². The quantitative estimate of drug-likeness (QED) is 0.909. The molecule has 1 saturated heterocycles. The van der Waals surface area contributed by atoms with E-state index in [9.17, 15) is 9.90 Å². The van der Waals surface area contributed by atoms with Crippen LogP contribution in [-0.4, -0.2) is 68.9 Å². The van der Waals surface area contributed by atoms with Crippen LogP contribution >= 0.6 is 0 Å². The van der Waals surface area contributed by atoms with Gasteiger partial charge < -0.3 is 10.0 Å². The maximum Gasteiger partial charge on any atom is 0.257 e. The highest BCUT2D eigenvalue weighted by Crippen LogP contribution is 2.25. The summed E-state index contributed by atoms with van der Waals surface area (Å²) in [4.78, 5) is 17.2. The number of rotatable bonds is 3. The Morgan fingerprint density at radius 1 is 1.22 bits per heavy atom. The van der Waals surface area contributed by atoms with E-state index in [1.54, 1.807) is 0 Å². The van der Waals surface area contributed by atoms with Gasteiger partial charge in [-0.05, 0) is 40.0 Å². The van der Waals surface area contributed by atoms with Crippen LogP contribution in [0.1, 0.15) is 47.9 Å². The van der Waals surface area contributed by atoms with Crippen LogP contribution in [0.2, 0.25) is 0 Å². The summed E-state index contributed by atoms with van der Waals surface area (Å²) in [5, 5.41) is 14.5. The van der Waals surface area contributed by atoms with Crippen molar-refractivity contribution in [2.24, 2.45) is 0 Å². The van der Waals surface area contributed by atoms with Gasteiger partial charge >= 0.3 is 0 Å². The number of carbonyl (C=O) groups is 1. The maximum absolute atomic E-state index is 12.9. The van der Waals surface area contributed by atoms with Crippen LogP contribution in [0.15, 0.2) is 0 Å². The van der Waals surface area contributed by atoms with Crippen molar-refractivity contribution < 1.29 is 9.90 Å². The summed E-state index contributed by atoms with van der Waals surface area (Å²) >= 11 is 0. The van der Waals surface area contributed by atoms with Crippen molar-refractivity contribution in [2.75, 3.05) is 26.2 Å². The van der Waals surface area contributed by atoms with E-state index in [1.807, 2.05) is 30.4 Å². The molecule has 1 N–H and O–H groups in total. The van der Waals surface area contributed by atoms with Gasteiger partial charge in [-0.2, -0.15) is 5.10 Å². The lowest BCUT2D eigenvalue weighted by atomic mass is 10.1. The monoisotopic (exact) mass is 320 g/mol. The van der Waals surface area contributed by atoms with Gasteiger partial charge in [-0.15, -0.1) is 0 Å². The fraction of sp³-hybridized carbons (Fsp3) is 0.765. The highest BCUT2D eigenvalue weighted by Gasteiger charge is 2.34. The Hall–Kier alpha value is -1.40. The Balaban J connectivity index is 1.66. The molecule has 3 rings (SSSR count). The van der Waals surface area contributed by atoms with Crippen LogP contribution in [0.4, 0.5) is 0 Å². The number of hydrogen-bond acceptors (Lipinski definition) is 4. The molecule has 1 aromatic heterocycles. The van der Waals surface area contributed by atoms with E-state index in [1.165, 1.54) is 0 Å². The molecule has 1 saturated carbocycles. The van der Waals surface area contributed by atoms with Gasteiger partial charge in [0.2, 0.25) is 0 Å². The second kappa shape index (κ2) is 6.61. The van der Waals surface area contributed by atoms with Gasteiger partial charge in [-0.3, -0.25) is 14.4 Å². The van der Waals surface area contributed by atoms with Crippen LogP contribution in [0.3, 0.4) is 0 Å². The first-order chi connectivity index (χ1) is 11.0. The molecule has 0 unspecified atom stereocenters. The first-order valence-corrected chi connectivity index (χ1v) is 8.78. The third-order valence-electron chi connectivity index (χ3n) is 5.41. The minimum absolute atomic E-state index is 0.103. The fourth-order valence-electron chi connectivity index (χ4n) is 4.08. The lowest BCUT2D eigenvalue weighted by Gasteiger charge is -2.39. The van der Waals surface area contributed by atoms with Gasteiger partial charge in [0.15, 0.2) is 0 Å². The molecule has 1 amide bonds. The number of carbonyl (C=O) groups excluding carboxylic acids is 1. The van der Waals surface area contributed by atoms with Gasteiger partial charge in [-0.25, -0.2) is 0 Å². The SMILES string of the molecule is CCn1nc(C)c(C(=O)N2CCN([C@@H]3CCC[C@H]3O)CC2)c1C. The topological polar surface area (TPSA) is 61.6 Å². The Bertz CT molecular complexity index is 575. The lowest BCUT2D eigenvalue weighted by Crippen LogP contribution is -2.53. The van der Waals surface area contributed by atoms with Crippen molar-refractivity contribution >= 4 is 5.91 Å². The third kappa shape index (κ3) is 3.02. The Morgan fingerprint density at radius 2 is 1.91 bits per heavy atom. The Labute approximate surface area is 138 Å². The number of aromatic nitrogens is 2. The average molecular weight is 320 g/mol. The molecule has 6 heteroatoms. The second-order valence-corrected chi connectivity index (χ2v) is 6.76. The van der Waals surface area contributed by atoms with Crippen molar-refractivity contribution in [3.8, 4) is 0 Å². The first kappa shape index (κ1) is 16.5. The first-order valence-electron chi connectivity index (χ1n) is 8.78. The van der Waals surface area contributed by atoms with Crippen LogP contribution in [0.25, 0.3) is 0 Å². The van der Waals surface area contributed by atoms with Crippen molar-refractivity contribution in [1.29, 1.82) is 0 Å². The van der Waals surface area contributed by atoms with Gasteiger partial charge in [0.25, 0.3) is 5.91 Å². The zero-order valence-electron chi connectivity index (χ0n) is 14.5. The summed E-state index contributed by atoms with van der Waals surface area (Å²) in [6, 6.07) is 0.290. The normalized spacial score (nSPS) is 26.0. The number of nitrogens with zero attached hydrogens (tertiary/aromatic N) is 4. The second-order valence-electron chi connectivity index (χ2n) is 6.76. The number of piperazine rings is 1. The summed E-state index contributed by atoms with van der Waals surface area (Å²) in [5.41, 5.74) is 2.55. The van der Waals surface area contributed by atoms with E-state index >= 15 is 0 Å². The zero-order valence-corrected chi connectivity index (χ0v) is 14.5. The van der Waals surface area contributed by atoms with Crippen molar-refractivity contribution in [1.82, 2.24) is 19.6 Å². The van der Waals surface area contributed by atoms with Gasteiger partial charge in [0.05, 0.1) is 17.4 Å². The van der Waals surface area contributed by atoms with Crippen LogP contribution in [0, 0.1) is 13.8 Å². The highest BCUT2D eigenvalue weighted by atomic mass is 16.3. The fourth-order valence-corrected chi connectivity index (χ4v) is 4.08.